The van der Waals surface area contributed by atoms with Gasteiger partial charge in [0.15, 0.2) is 0 Å². The van der Waals surface area contributed by atoms with E-state index in [4.69, 9.17) is 21.3 Å². The fraction of sp³-hybridized carbons (Fsp3) is 0.417. The van der Waals surface area contributed by atoms with Crippen molar-refractivity contribution >= 4 is 23.2 Å². The van der Waals surface area contributed by atoms with Gasteiger partial charge in [-0.15, -0.1) is 0 Å². The molecule has 0 N–H and O–H groups in total. The number of hydrogen-bond acceptors (Lipinski definition) is 4. The molecule has 3 aromatic rings. The van der Waals surface area contributed by atoms with Crippen LogP contribution < -0.4 is 0 Å². The normalized spacial score (nSPS) is 14.2. The molecular formula is C24H28ClN3O2. The average molecular weight is 426 g/mol. The van der Waals surface area contributed by atoms with E-state index in [1.807, 2.05) is 42.5 Å². The molecule has 6 heteroatoms. The van der Waals surface area contributed by atoms with Crippen molar-refractivity contribution in [2.75, 3.05) is 19.7 Å². The monoisotopic (exact) mass is 425 g/mol. The van der Waals surface area contributed by atoms with Gasteiger partial charge in [0.1, 0.15) is 12.3 Å². The van der Waals surface area contributed by atoms with Crippen LogP contribution in [0, 0.1) is 5.92 Å². The summed E-state index contributed by atoms with van der Waals surface area (Å²) in [5, 5.41) is 0.713. The van der Waals surface area contributed by atoms with E-state index < -0.39 is 0 Å². The lowest BCUT2D eigenvalue weighted by Gasteiger charge is -2.25. The number of pyridine rings is 1. The first-order valence-electron chi connectivity index (χ1n) is 10.8. The molecule has 1 aliphatic rings. The Bertz CT molecular complexity index is 995. The molecule has 0 unspecified atom stereocenters. The zero-order chi connectivity index (χ0) is 20.9. The van der Waals surface area contributed by atoms with E-state index in [1.165, 1.54) is 0 Å². The highest BCUT2D eigenvalue weighted by molar-refractivity contribution is 6.30. The Labute approximate surface area is 182 Å². The maximum absolute atomic E-state index is 12.1. The first-order chi connectivity index (χ1) is 14.7. The number of carbonyl (C=O) groups excluding carboxylic acids is 1. The largest absolute Gasteiger partial charge is 0.464 e. The van der Waals surface area contributed by atoms with Gasteiger partial charge in [-0.1, -0.05) is 43.1 Å². The predicted octanol–water partition coefficient (Wildman–Crippen LogP) is 5.21. The number of aromatic nitrogens is 2. The molecule has 5 nitrogen and oxygen atoms in total. The second-order valence-corrected chi connectivity index (χ2v) is 8.35. The highest BCUT2D eigenvalue weighted by Crippen LogP contribution is 2.28. The van der Waals surface area contributed by atoms with Gasteiger partial charge in [-0.3, -0.25) is 9.69 Å². The smallest absolute Gasteiger partial charge is 0.308 e. The van der Waals surface area contributed by atoms with E-state index in [9.17, 15) is 4.79 Å². The van der Waals surface area contributed by atoms with E-state index in [1.54, 1.807) is 0 Å². The van der Waals surface area contributed by atoms with Crippen LogP contribution in [0.15, 0.2) is 48.7 Å². The highest BCUT2D eigenvalue weighted by Gasteiger charge is 2.26. The van der Waals surface area contributed by atoms with E-state index in [-0.39, 0.29) is 11.9 Å². The molecule has 2 heterocycles. The van der Waals surface area contributed by atoms with E-state index in [2.05, 4.69) is 22.4 Å². The number of imidazole rings is 1. The van der Waals surface area contributed by atoms with Gasteiger partial charge in [-0.2, -0.15) is 0 Å². The lowest BCUT2D eigenvalue weighted by atomic mass is 9.86. The number of halogens is 1. The third-order valence-corrected chi connectivity index (χ3v) is 6.00. The summed E-state index contributed by atoms with van der Waals surface area (Å²) in [5.41, 5.74) is 4.06. The molecule has 0 spiro atoms. The van der Waals surface area contributed by atoms with Crippen LogP contribution in [-0.4, -0.2) is 40.0 Å². The predicted molar refractivity (Wildman–Crippen MR) is 120 cm³/mol. The second kappa shape index (κ2) is 9.63. The molecule has 1 fully saturated rings. The van der Waals surface area contributed by atoms with E-state index in [0.29, 0.717) is 18.2 Å². The van der Waals surface area contributed by atoms with Crippen LogP contribution in [0.25, 0.3) is 16.9 Å². The molecule has 4 rings (SSSR count). The fourth-order valence-electron chi connectivity index (χ4n) is 3.87. The standard InChI is InChI=1S/C24H28ClN3O2/c1-2-13-27(15-16-30-24(29)19-6-5-7-19)17-21-23(18-9-11-20(25)12-10-18)26-22-8-3-4-14-28(21)22/h3-4,8-12,14,19H,2,5-7,13,15-17H2,1H3. The van der Waals surface area contributed by atoms with Crippen molar-refractivity contribution in [1.82, 2.24) is 14.3 Å². The van der Waals surface area contributed by atoms with Crippen LogP contribution >= 0.6 is 11.6 Å². The molecule has 158 valence electrons. The Balaban J connectivity index is 1.54. The maximum atomic E-state index is 12.1. The van der Waals surface area contributed by atoms with Crippen LogP contribution in [0.5, 0.6) is 0 Å². The third kappa shape index (κ3) is 4.68. The van der Waals surface area contributed by atoms with Crippen molar-refractivity contribution in [3.05, 3.63) is 59.4 Å². The van der Waals surface area contributed by atoms with Gasteiger partial charge in [-0.25, -0.2) is 4.98 Å². The first-order valence-corrected chi connectivity index (χ1v) is 11.1. The molecule has 1 aliphatic carbocycles. The molecular weight excluding hydrogens is 398 g/mol. The number of nitrogens with zero attached hydrogens (tertiary/aromatic N) is 3. The van der Waals surface area contributed by atoms with Crippen molar-refractivity contribution in [2.24, 2.45) is 5.92 Å². The zero-order valence-corrected chi connectivity index (χ0v) is 18.1. The summed E-state index contributed by atoms with van der Waals surface area (Å²) >= 11 is 6.09. The van der Waals surface area contributed by atoms with E-state index in [0.717, 1.165) is 61.4 Å². The van der Waals surface area contributed by atoms with Gasteiger partial charge < -0.3 is 9.14 Å². The highest BCUT2D eigenvalue weighted by atomic mass is 35.5. The molecule has 1 aromatic carbocycles. The van der Waals surface area contributed by atoms with Crippen molar-refractivity contribution < 1.29 is 9.53 Å². The maximum Gasteiger partial charge on any atom is 0.308 e. The number of fused-ring (bicyclic) bond motifs is 1. The Morgan fingerprint density at radius 2 is 2.00 bits per heavy atom. The Morgan fingerprint density at radius 1 is 1.20 bits per heavy atom. The summed E-state index contributed by atoms with van der Waals surface area (Å²) in [6, 6.07) is 13.9. The Hall–Kier alpha value is -2.37. The van der Waals surface area contributed by atoms with Gasteiger partial charge in [0, 0.05) is 29.9 Å². The summed E-state index contributed by atoms with van der Waals surface area (Å²) in [6.07, 6.45) is 6.18. The molecule has 0 amide bonds. The van der Waals surface area contributed by atoms with Gasteiger partial charge >= 0.3 is 5.97 Å². The lowest BCUT2D eigenvalue weighted by Crippen LogP contribution is -2.31. The molecule has 0 bridgehead atoms. The average Bonchev–Trinajstić information content (AvgIpc) is 3.06. The SMILES string of the molecule is CCCN(CCOC(=O)C1CCC1)Cc1c(-c2ccc(Cl)cc2)nc2ccccn12. The Kier molecular flexibility index (Phi) is 6.70. The first kappa shape index (κ1) is 20.9. The summed E-state index contributed by atoms with van der Waals surface area (Å²) in [4.78, 5) is 19.3. The number of hydrogen-bond donors (Lipinski definition) is 0. The number of ether oxygens (including phenoxy) is 1. The number of benzene rings is 1. The van der Waals surface area contributed by atoms with E-state index >= 15 is 0 Å². The molecule has 0 saturated heterocycles. The van der Waals surface area contributed by atoms with Gasteiger partial charge in [0.2, 0.25) is 0 Å². The quantitative estimate of drug-likeness (QED) is 0.441. The van der Waals surface area contributed by atoms with Crippen molar-refractivity contribution in [3.8, 4) is 11.3 Å². The van der Waals surface area contributed by atoms with Crippen LogP contribution in [0.1, 0.15) is 38.3 Å². The molecule has 0 aliphatic heterocycles. The number of esters is 1. The van der Waals surface area contributed by atoms with Gasteiger partial charge in [-0.05, 0) is 50.1 Å². The molecule has 0 atom stereocenters. The van der Waals surface area contributed by atoms with Gasteiger partial charge in [0.25, 0.3) is 0 Å². The van der Waals surface area contributed by atoms with Crippen LogP contribution in [0.3, 0.4) is 0 Å². The minimum Gasteiger partial charge on any atom is -0.464 e. The molecule has 2 aromatic heterocycles. The molecule has 30 heavy (non-hydrogen) atoms. The number of carbonyl (C=O) groups is 1. The summed E-state index contributed by atoms with van der Waals surface area (Å²) in [7, 11) is 0. The minimum atomic E-state index is -0.0330. The third-order valence-electron chi connectivity index (χ3n) is 5.75. The van der Waals surface area contributed by atoms with Crippen molar-refractivity contribution in [3.63, 3.8) is 0 Å². The summed E-state index contributed by atoms with van der Waals surface area (Å²) < 4.78 is 7.69. The summed E-state index contributed by atoms with van der Waals surface area (Å²) in [5.74, 6) is 0.0919. The van der Waals surface area contributed by atoms with Crippen molar-refractivity contribution in [2.45, 2.75) is 39.2 Å². The van der Waals surface area contributed by atoms with Gasteiger partial charge in [0.05, 0.1) is 17.3 Å². The lowest BCUT2D eigenvalue weighted by molar-refractivity contribution is -0.151. The van der Waals surface area contributed by atoms with Crippen LogP contribution in [-0.2, 0) is 16.1 Å². The van der Waals surface area contributed by atoms with Crippen LogP contribution in [0.2, 0.25) is 5.02 Å². The summed E-state index contributed by atoms with van der Waals surface area (Å²) in [6.45, 7) is 4.98. The Morgan fingerprint density at radius 3 is 2.70 bits per heavy atom. The second-order valence-electron chi connectivity index (χ2n) is 7.91. The molecule has 1 saturated carbocycles. The van der Waals surface area contributed by atoms with Crippen LogP contribution in [0.4, 0.5) is 0 Å². The zero-order valence-electron chi connectivity index (χ0n) is 17.4. The number of rotatable bonds is 9. The minimum absolute atomic E-state index is 0.0330. The fourth-order valence-corrected chi connectivity index (χ4v) is 4.00. The molecule has 0 radical (unpaired) electrons. The topological polar surface area (TPSA) is 46.8 Å². The van der Waals surface area contributed by atoms with Crippen molar-refractivity contribution in [1.29, 1.82) is 0 Å².